The molecule has 0 saturated carbocycles. The van der Waals surface area contributed by atoms with Crippen molar-refractivity contribution in [1.82, 2.24) is 0 Å². The summed E-state index contributed by atoms with van der Waals surface area (Å²) in [6.45, 7) is 9.58. The van der Waals surface area contributed by atoms with Crippen LogP contribution in [0, 0.1) is 5.92 Å². The number of hydrogen-bond acceptors (Lipinski definition) is 2. The first-order valence-electron chi connectivity index (χ1n) is 15.8. The van der Waals surface area contributed by atoms with Crippen molar-refractivity contribution in [3.05, 3.63) is 35.6 Å². The second kappa shape index (κ2) is 28.2. The fourth-order valence-electron chi connectivity index (χ4n) is 5.31. The molecule has 0 aromatic carbocycles. The van der Waals surface area contributed by atoms with Crippen molar-refractivity contribution in [2.24, 2.45) is 5.92 Å². The maximum Gasteiger partial charge on any atom is 1.00 e. The molecule has 0 N–H and O–H groups in total. The van der Waals surface area contributed by atoms with Gasteiger partial charge in [-0.3, -0.25) is 0 Å². The maximum atomic E-state index is 10.4. The summed E-state index contributed by atoms with van der Waals surface area (Å²) in [7, 11) is 0. The molecule has 2 nitrogen and oxygen atoms in total. The molecule has 0 aromatic rings. The Morgan fingerprint density at radius 2 is 1.27 bits per heavy atom. The van der Waals surface area contributed by atoms with Crippen molar-refractivity contribution in [2.75, 3.05) is 13.2 Å². The van der Waals surface area contributed by atoms with Gasteiger partial charge >= 0.3 is 51.4 Å². The molecule has 1 atom stereocenters. The average molecular weight is 541 g/mol. The molecule has 0 spiro atoms. The van der Waals surface area contributed by atoms with E-state index in [1.165, 1.54) is 134 Å². The molecule has 0 aliphatic heterocycles. The van der Waals surface area contributed by atoms with Crippen LogP contribution in [0.3, 0.4) is 0 Å². The summed E-state index contributed by atoms with van der Waals surface area (Å²) in [6.07, 6.45) is 34.7. The van der Waals surface area contributed by atoms with Crippen LogP contribution in [0.5, 0.6) is 0 Å². The zero-order valence-corrected chi connectivity index (χ0v) is 28.6. The summed E-state index contributed by atoms with van der Waals surface area (Å²) in [5, 5.41) is 10.4. The Hall–Kier alpha value is 0.616. The van der Waals surface area contributed by atoms with Gasteiger partial charge in [-0.2, -0.15) is 0 Å². The molecule has 0 saturated heterocycles. The molecule has 0 aromatic heterocycles. The summed E-state index contributed by atoms with van der Waals surface area (Å²) >= 11 is 0. The van der Waals surface area contributed by atoms with Gasteiger partial charge in [0.05, 0.1) is 12.4 Å². The Bertz CT molecular complexity index is 576. The minimum Gasteiger partial charge on any atom is -0.854 e. The quantitative estimate of drug-likeness (QED) is 0.0524. The third kappa shape index (κ3) is 24.2. The molecule has 0 amide bonds. The van der Waals surface area contributed by atoms with Crippen LogP contribution in [-0.4, -0.2) is 13.2 Å². The van der Waals surface area contributed by atoms with E-state index >= 15 is 0 Å². The molecule has 0 fully saturated rings. The van der Waals surface area contributed by atoms with Gasteiger partial charge in [-0.15, -0.1) is 6.61 Å². The zero-order valence-electron chi connectivity index (χ0n) is 25.4. The van der Waals surface area contributed by atoms with Crippen molar-refractivity contribution >= 4 is 0 Å². The second-order valence-corrected chi connectivity index (χ2v) is 11.5. The molecule has 1 aliphatic carbocycles. The van der Waals surface area contributed by atoms with Crippen LogP contribution in [0.4, 0.5) is 0 Å². The van der Waals surface area contributed by atoms with Gasteiger partial charge in [0.15, 0.2) is 0 Å². The van der Waals surface area contributed by atoms with Gasteiger partial charge in [-0.1, -0.05) is 139 Å². The Balaban J connectivity index is 0.0000130. The molecule has 1 unspecified atom stereocenters. The third-order valence-electron chi connectivity index (χ3n) is 7.80. The molecular formula is C34H61KO2. The minimum absolute atomic E-state index is 0. The van der Waals surface area contributed by atoms with E-state index in [1.54, 1.807) is 5.57 Å². The van der Waals surface area contributed by atoms with Gasteiger partial charge in [-0.05, 0) is 52.4 Å². The second-order valence-electron chi connectivity index (χ2n) is 11.5. The van der Waals surface area contributed by atoms with E-state index in [9.17, 15) is 5.11 Å². The van der Waals surface area contributed by atoms with E-state index in [0.717, 1.165) is 31.6 Å². The van der Waals surface area contributed by atoms with E-state index in [4.69, 9.17) is 4.74 Å². The first-order valence-corrected chi connectivity index (χ1v) is 15.8. The van der Waals surface area contributed by atoms with Crippen molar-refractivity contribution in [3.63, 3.8) is 0 Å². The first-order chi connectivity index (χ1) is 17.6. The predicted molar refractivity (Wildman–Crippen MR) is 157 cm³/mol. The molecule has 1 aliphatic rings. The van der Waals surface area contributed by atoms with Crippen LogP contribution in [0.1, 0.15) is 162 Å². The van der Waals surface area contributed by atoms with Crippen LogP contribution in [0.25, 0.3) is 0 Å². The van der Waals surface area contributed by atoms with E-state index in [0.29, 0.717) is 5.92 Å². The number of rotatable bonds is 25. The van der Waals surface area contributed by atoms with Crippen LogP contribution in [0.15, 0.2) is 35.6 Å². The molecular weight excluding hydrogens is 479 g/mol. The predicted octanol–water partition coefficient (Wildman–Crippen LogP) is 7.38. The standard InChI is InChI=1S/C34H61O2.K/c1-31(2)23-22-24-33-25-27-34(28-26-33)32(3)36-30-21-19-17-15-13-11-9-7-5-4-6-8-10-12-14-16-18-20-29-35;/h23,25,34H,3-22,24,26-30H2,1-2H3;/q-1;+1. The summed E-state index contributed by atoms with van der Waals surface area (Å²) in [4.78, 5) is 0. The van der Waals surface area contributed by atoms with Gasteiger partial charge in [-0.25, -0.2) is 0 Å². The number of allylic oxidation sites excluding steroid dienone is 5. The molecule has 3 heteroatoms. The smallest absolute Gasteiger partial charge is 0.854 e. The average Bonchev–Trinajstić information content (AvgIpc) is 2.87. The van der Waals surface area contributed by atoms with Crippen LogP contribution >= 0.6 is 0 Å². The van der Waals surface area contributed by atoms with Crippen molar-refractivity contribution in [3.8, 4) is 0 Å². The third-order valence-corrected chi connectivity index (χ3v) is 7.80. The number of ether oxygens (including phenoxy) is 1. The molecule has 1 rings (SSSR count). The Kier molecular flexibility index (Phi) is 28.6. The summed E-state index contributed by atoms with van der Waals surface area (Å²) in [5.41, 5.74) is 3.05. The Morgan fingerprint density at radius 3 is 1.68 bits per heavy atom. The SMILES string of the molecule is C=C(OCCCCCCCCCCCCCCCCCCCC[O-])C1CC=C(CCC=C(C)C)CC1.[K+]. The van der Waals surface area contributed by atoms with E-state index in [1.807, 2.05) is 0 Å². The molecule has 0 bridgehead atoms. The largest absolute Gasteiger partial charge is 1.00 e. The monoisotopic (exact) mass is 540 g/mol. The fourth-order valence-corrected chi connectivity index (χ4v) is 5.31. The maximum absolute atomic E-state index is 10.4. The van der Waals surface area contributed by atoms with Gasteiger partial charge in [0, 0.05) is 5.92 Å². The number of hydrogen-bond donors (Lipinski definition) is 0. The van der Waals surface area contributed by atoms with Crippen molar-refractivity contribution in [1.29, 1.82) is 0 Å². The summed E-state index contributed by atoms with van der Waals surface area (Å²) in [6, 6.07) is 0. The van der Waals surface area contributed by atoms with E-state index in [-0.39, 0.29) is 58.0 Å². The van der Waals surface area contributed by atoms with Crippen LogP contribution < -0.4 is 56.5 Å². The van der Waals surface area contributed by atoms with Crippen molar-refractivity contribution in [2.45, 2.75) is 162 Å². The fraction of sp³-hybridized carbons (Fsp3) is 0.824. The zero-order chi connectivity index (χ0) is 26.1. The molecule has 0 heterocycles. The van der Waals surface area contributed by atoms with Gasteiger partial charge in [0.2, 0.25) is 0 Å². The normalized spacial score (nSPS) is 15.1. The molecule has 0 radical (unpaired) electrons. The molecule has 210 valence electrons. The van der Waals surface area contributed by atoms with Gasteiger partial charge in [0.1, 0.15) is 0 Å². The summed E-state index contributed by atoms with van der Waals surface area (Å²) in [5.74, 6) is 1.56. The topological polar surface area (TPSA) is 32.3 Å². The van der Waals surface area contributed by atoms with Gasteiger partial charge < -0.3 is 9.84 Å². The first kappa shape index (κ1) is 37.6. The van der Waals surface area contributed by atoms with Crippen LogP contribution in [0.2, 0.25) is 0 Å². The summed E-state index contributed by atoms with van der Waals surface area (Å²) < 4.78 is 6.02. The van der Waals surface area contributed by atoms with E-state index in [2.05, 4.69) is 32.6 Å². The van der Waals surface area contributed by atoms with Crippen LogP contribution in [-0.2, 0) is 4.74 Å². The van der Waals surface area contributed by atoms with Crippen molar-refractivity contribution < 1.29 is 61.2 Å². The molecule has 37 heavy (non-hydrogen) atoms. The minimum atomic E-state index is 0. The van der Waals surface area contributed by atoms with Gasteiger partial charge in [0.25, 0.3) is 0 Å². The van der Waals surface area contributed by atoms with E-state index < -0.39 is 0 Å². The Labute approximate surface area is 275 Å². The number of unbranched alkanes of at least 4 members (excludes halogenated alkanes) is 17. The Morgan fingerprint density at radius 1 is 0.811 bits per heavy atom.